The van der Waals surface area contributed by atoms with Crippen LogP contribution in [0.15, 0.2) is 11.1 Å². The van der Waals surface area contributed by atoms with E-state index in [1.54, 1.807) is 6.92 Å². The highest BCUT2D eigenvalue weighted by molar-refractivity contribution is 9.09. The SMILES string of the molecule is Cc1[nH]ncc1S(=O)(=O)NCC1CCCCC1Br. The molecule has 2 atom stereocenters. The Balaban J connectivity index is 1.99. The van der Waals surface area contributed by atoms with Gasteiger partial charge in [0.15, 0.2) is 0 Å². The van der Waals surface area contributed by atoms with Crippen LogP contribution in [0.3, 0.4) is 0 Å². The van der Waals surface area contributed by atoms with Crippen molar-refractivity contribution in [3.05, 3.63) is 11.9 Å². The minimum atomic E-state index is -3.44. The van der Waals surface area contributed by atoms with Crippen molar-refractivity contribution in [2.75, 3.05) is 6.54 Å². The average molecular weight is 336 g/mol. The molecule has 0 saturated heterocycles. The lowest BCUT2D eigenvalue weighted by atomic mass is 9.89. The zero-order chi connectivity index (χ0) is 13.2. The maximum Gasteiger partial charge on any atom is 0.243 e. The Morgan fingerprint density at radius 2 is 2.22 bits per heavy atom. The van der Waals surface area contributed by atoms with E-state index in [0.717, 1.165) is 12.8 Å². The number of nitrogens with one attached hydrogen (secondary N) is 2. The molecule has 0 radical (unpaired) electrons. The zero-order valence-corrected chi connectivity index (χ0v) is 12.7. The maximum absolute atomic E-state index is 12.1. The van der Waals surface area contributed by atoms with Crippen molar-refractivity contribution in [3.63, 3.8) is 0 Å². The van der Waals surface area contributed by atoms with Crippen molar-refractivity contribution in [1.82, 2.24) is 14.9 Å². The second-order valence-electron chi connectivity index (χ2n) is 4.77. The number of halogens is 1. The first-order valence-corrected chi connectivity index (χ1v) is 8.54. The summed E-state index contributed by atoms with van der Waals surface area (Å²) in [6, 6.07) is 0. The highest BCUT2D eigenvalue weighted by Crippen LogP contribution is 2.29. The Morgan fingerprint density at radius 1 is 1.50 bits per heavy atom. The first-order chi connectivity index (χ1) is 8.50. The van der Waals surface area contributed by atoms with Crippen LogP contribution in [0.2, 0.25) is 0 Å². The Kier molecular flexibility index (Phi) is 4.45. The molecule has 1 aromatic rings. The van der Waals surface area contributed by atoms with Gasteiger partial charge >= 0.3 is 0 Å². The van der Waals surface area contributed by atoms with Gasteiger partial charge in [-0.25, -0.2) is 13.1 Å². The fourth-order valence-electron chi connectivity index (χ4n) is 2.30. The molecule has 2 N–H and O–H groups in total. The number of aromatic amines is 1. The van der Waals surface area contributed by atoms with Crippen molar-refractivity contribution in [1.29, 1.82) is 0 Å². The number of hydrogen-bond acceptors (Lipinski definition) is 3. The minimum Gasteiger partial charge on any atom is -0.281 e. The van der Waals surface area contributed by atoms with Gasteiger partial charge in [0, 0.05) is 11.4 Å². The van der Waals surface area contributed by atoms with Gasteiger partial charge in [0.1, 0.15) is 4.90 Å². The van der Waals surface area contributed by atoms with Gasteiger partial charge < -0.3 is 0 Å². The van der Waals surface area contributed by atoms with E-state index in [-0.39, 0.29) is 4.90 Å². The predicted octanol–water partition coefficient (Wildman–Crippen LogP) is 1.95. The van der Waals surface area contributed by atoms with E-state index in [2.05, 4.69) is 30.8 Å². The van der Waals surface area contributed by atoms with E-state index in [1.165, 1.54) is 19.0 Å². The molecule has 0 bridgehead atoms. The number of aromatic nitrogens is 2. The Bertz CT molecular complexity index is 500. The third-order valence-corrected chi connectivity index (χ3v) is 6.17. The van der Waals surface area contributed by atoms with Gasteiger partial charge in [-0.2, -0.15) is 5.10 Å². The van der Waals surface area contributed by atoms with E-state index in [4.69, 9.17) is 0 Å². The van der Waals surface area contributed by atoms with E-state index >= 15 is 0 Å². The van der Waals surface area contributed by atoms with Gasteiger partial charge in [-0.3, -0.25) is 5.10 Å². The molecule has 5 nitrogen and oxygen atoms in total. The topological polar surface area (TPSA) is 74.8 Å². The lowest BCUT2D eigenvalue weighted by molar-refractivity contribution is 0.373. The zero-order valence-electron chi connectivity index (χ0n) is 10.3. The van der Waals surface area contributed by atoms with Gasteiger partial charge in [0.05, 0.1) is 11.9 Å². The van der Waals surface area contributed by atoms with Crippen LogP contribution in [0, 0.1) is 12.8 Å². The summed E-state index contributed by atoms with van der Waals surface area (Å²) in [5.74, 6) is 0.376. The monoisotopic (exact) mass is 335 g/mol. The number of alkyl halides is 1. The van der Waals surface area contributed by atoms with Crippen molar-refractivity contribution in [3.8, 4) is 0 Å². The molecule has 0 spiro atoms. The van der Waals surface area contributed by atoms with Crippen LogP contribution >= 0.6 is 15.9 Å². The number of sulfonamides is 1. The quantitative estimate of drug-likeness (QED) is 0.826. The maximum atomic E-state index is 12.1. The Hall–Kier alpha value is -0.400. The molecule has 1 saturated carbocycles. The number of H-pyrrole nitrogens is 1. The van der Waals surface area contributed by atoms with Crippen molar-refractivity contribution in [2.45, 2.75) is 42.3 Å². The van der Waals surface area contributed by atoms with Crippen molar-refractivity contribution in [2.24, 2.45) is 5.92 Å². The molecule has 0 amide bonds. The number of aryl methyl sites for hydroxylation is 1. The largest absolute Gasteiger partial charge is 0.281 e. The first-order valence-electron chi connectivity index (χ1n) is 6.14. The Labute approximate surface area is 116 Å². The molecule has 1 aliphatic carbocycles. The molecule has 0 aromatic carbocycles. The summed E-state index contributed by atoms with van der Waals surface area (Å²) >= 11 is 3.63. The van der Waals surface area contributed by atoms with Crippen molar-refractivity contribution >= 4 is 26.0 Å². The second kappa shape index (κ2) is 5.71. The molecule has 1 aromatic heterocycles. The highest BCUT2D eigenvalue weighted by atomic mass is 79.9. The van der Waals surface area contributed by atoms with Crippen LogP contribution in [-0.4, -0.2) is 30.0 Å². The molecule has 1 fully saturated rings. The minimum absolute atomic E-state index is 0.240. The summed E-state index contributed by atoms with van der Waals surface area (Å²) in [6.45, 7) is 2.19. The average Bonchev–Trinajstić information content (AvgIpc) is 2.75. The van der Waals surface area contributed by atoms with Gasteiger partial charge in [-0.15, -0.1) is 0 Å². The first kappa shape index (κ1) is 14.0. The molecule has 0 aliphatic heterocycles. The second-order valence-corrected chi connectivity index (χ2v) is 7.68. The molecule has 102 valence electrons. The normalized spacial score (nSPS) is 25.2. The van der Waals surface area contributed by atoms with Gasteiger partial charge in [0.2, 0.25) is 10.0 Å². The summed E-state index contributed by atoms with van der Waals surface area (Å²) in [4.78, 5) is 0.656. The lowest BCUT2D eigenvalue weighted by Crippen LogP contribution is -2.34. The molecular formula is C11H18BrN3O2S. The summed E-state index contributed by atoms with van der Waals surface area (Å²) < 4.78 is 26.8. The third-order valence-electron chi connectivity index (χ3n) is 3.43. The van der Waals surface area contributed by atoms with E-state index in [0.29, 0.717) is 23.0 Å². The number of hydrogen-bond donors (Lipinski definition) is 2. The number of nitrogens with zero attached hydrogens (tertiary/aromatic N) is 1. The highest BCUT2D eigenvalue weighted by Gasteiger charge is 2.25. The summed E-state index contributed by atoms with van der Waals surface area (Å²) in [5, 5.41) is 6.39. The predicted molar refractivity (Wildman–Crippen MR) is 73.2 cm³/mol. The smallest absolute Gasteiger partial charge is 0.243 e. The fourth-order valence-corrected chi connectivity index (χ4v) is 4.30. The molecule has 1 heterocycles. The molecular weight excluding hydrogens is 318 g/mol. The van der Waals surface area contributed by atoms with Crippen LogP contribution < -0.4 is 4.72 Å². The lowest BCUT2D eigenvalue weighted by Gasteiger charge is -2.27. The van der Waals surface area contributed by atoms with E-state index in [9.17, 15) is 8.42 Å². The van der Waals surface area contributed by atoms with Crippen LogP contribution in [0.5, 0.6) is 0 Å². The Morgan fingerprint density at radius 3 is 2.83 bits per heavy atom. The summed E-state index contributed by atoms with van der Waals surface area (Å²) in [6.07, 6.45) is 5.95. The summed E-state index contributed by atoms with van der Waals surface area (Å²) in [5.41, 5.74) is 0.571. The van der Waals surface area contributed by atoms with Crippen LogP contribution in [0.25, 0.3) is 0 Å². The summed E-state index contributed by atoms with van der Waals surface area (Å²) in [7, 11) is -3.44. The van der Waals surface area contributed by atoms with Crippen LogP contribution in [0.1, 0.15) is 31.4 Å². The van der Waals surface area contributed by atoms with E-state index in [1.807, 2.05) is 0 Å². The molecule has 1 aliphatic rings. The van der Waals surface area contributed by atoms with Gasteiger partial charge in [-0.05, 0) is 25.7 Å². The number of rotatable bonds is 4. The van der Waals surface area contributed by atoms with Crippen molar-refractivity contribution < 1.29 is 8.42 Å². The standard InChI is InChI=1S/C11H18BrN3O2S/c1-8-11(7-13-15-8)18(16,17)14-6-9-4-2-3-5-10(9)12/h7,9-10,14H,2-6H2,1H3,(H,13,15). The molecule has 2 unspecified atom stereocenters. The van der Waals surface area contributed by atoms with Crippen LogP contribution in [-0.2, 0) is 10.0 Å². The fraction of sp³-hybridized carbons (Fsp3) is 0.727. The van der Waals surface area contributed by atoms with E-state index < -0.39 is 10.0 Å². The van der Waals surface area contributed by atoms with Gasteiger partial charge in [-0.1, -0.05) is 28.8 Å². The molecule has 7 heteroatoms. The van der Waals surface area contributed by atoms with Gasteiger partial charge in [0.25, 0.3) is 0 Å². The molecule has 2 rings (SSSR count). The third kappa shape index (κ3) is 3.13. The van der Waals surface area contributed by atoms with Crippen LogP contribution in [0.4, 0.5) is 0 Å². The molecule has 18 heavy (non-hydrogen) atoms.